The number of benzene rings is 2. The van der Waals surface area contributed by atoms with Crippen molar-refractivity contribution in [2.24, 2.45) is 0 Å². The molecule has 2 aromatic carbocycles. The highest BCUT2D eigenvalue weighted by molar-refractivity contribution is 6.00. The first-order valence-corrected chi connectivity index (χ1v) is 8.75. The number of methoxy groups -OCH3 is 1. The van der Waals surface area contributed by atoms with E-state index < -0.39 is 0 Å². The van der Waals surface area contributed by atoms with Crippen molar-refractivity contribution >= 4 is 5.91 Å². The van der Waals surface area contributed by atoms with Crippen LogP contribution in [0.4, 0.5) is 0 Å². The van der Waals surface area contributed by atoms with Gasteiger partial charge < -0.3 is 14.1 Å². The molecule has 0 unspecified atom stereocenters. The number of ether oxygens (including phenoxy) is 1. The van der Waals surface area contributed by atoms with E-state index >= 15 is 0 Å². The second kappa shape index (κ2) is 7.04. The molecular weight excluding hydrogens is 328 g/mol. The van der Waals surface area contributed by atoms with Crippen LogP contribution in [0.15, 0.2) is 59.1 Å². The van der Waals surface area contributed by atoms with Crippen molar-refractivity contribution in [3.63, 3.8) is 0 Å². The summed E-state index contributed by atoms with van der Waals surface area (Å²) in [5, 5.41) is 0. The van der Waals surface area contributed by atoms with E-state index in [2.05, 4.69) is 4.98 Å². The van der Waals surface area contributed by atoms with Crippen LogP contribution in [0.1, 0.15) is 23.2 Å². The van der Waals surface area contributed by atoms with Gasteiger partial charge in [0.25, 0.3) is 5.91 Å². The minimum atomic E-state index is 0.0410. The van der Waals surface area contributed by atoms with Crippen molar-refractivity contribution in [1.82, 2.24) is 9.88 Å². The first kappa shape index (κ1) is 16.4. The molecule has 0 radical (unpaired) electrons. The Morgan fingerprint density at radius 1 is 1.12 bits per heavy atom. The topological polar surface area (TPSA) is 55.6 Å². The summed E-state index contributed by atoms with van der Waals surface area (Å²) in [7, 11) is 1.63. The predicted molar refractivity (Wildman–Crippen MR) is 99.1 cm³/mol. The number of hydrogen-bond acceptors (Lipinski definition) is 4. The van der Waals surface area contributed by atoms with Gasteiger partial charge in [-0.25, -0.2) is 4.98 Å². The molecular formula is C21H20N2O3. The molecule has 5 heteroatoms. The van der Waals surface area contributed by atoms with Crippen LogP contribution in [0.2, 0.25) is 0 Å². The summed E-state index contributed by atoms with van der Waals surface area (Å²) >= 11 is 0. The summed E-state index contributed by atoms with van der Waals surface area (Å²) in [6.45, 7) is 1.63. The van der Waals surface area contributed by atoms with Crippen molar-refractivity contribution in [3.8, 4) is 28.5 Å². The number of amides is 1. The van der Waals surface area contributed by atoms with Gasteiger partial charge in [0, 0.05) is 24.2 Å². The van der Waals surface area contributed by atoms with E-state index in [4.69, 9.17) is 9.15 Å². The van der Waals surface area contributed by atoms with Gasteiger partial charge in [-0.15, -0.1) is 0 Å². The molecule has 132 valence electrons. The first-order valence-electron chi connectivity index (χ1n) is 8.75. The smallest absolute Gasteiger partial charge is 0.254 e. The minimum Gasteiger partial charge on any atom is -0.497 e. The number of likely N-dealkylation sites (tertiary alicyclic amines) is 1. The third-order valence-corrected chi connectivity index (χ3v) is 4.64. The maximum absolute atomic E-state index is 12.8. The highest BCUT2D eigenvalue weighted by atomic mass is 16.5. The van der Waals surface area contributed by atoms with Crippen molar-refractivity contribution in [1.29, 1.82) is 0 Å². The monoisotopic (exact) mass is 348 g/mol. The number of carbonyl (C=O) groups excluding carboxylic acids is 1. The van der Waals surface area contributed by atoms with E-state index in [0.29, 0.717) is 17.2 Å². The van der Waals surface area contributed by atoms with Crippen LogP contribution < -0.4 is 4.74 Å². The van der Waals surface area contributed by atoms with Crippen molar-refractivity contribution in [2.75, 3.05) is 20.2 Å². The van der Waals surface area contributed by atoms with Crippen molar-refractivity contribution in [2.45, 2.75) is 12.8 Å². The summed E-state index contributed by atoms with van der Waals surface area (Å²) in [4.78, 5) is 19.1. The number of oxazole rings is 1. The highest BCUT2D eigenvalue weighted by Gasteiger charge is 2.23. The van der Waals surface area contributed by atoms with Gasteiger partial charge in [0.05, 0.1) is 18.9 Å². The van der Waals surface area contributed by atoms with E-state index in [0.717, 1.165) is 42.8 Å². The normalized spacial score (nSPS) is 13.8. The van der Waals surface area contributed by atoms with Gasteiger partial charge in [0.2, 0.25) is 5.89 Å². The van der Waals surface area contributed by atoms with Crippen LogP contribution in [-0.2, 0) is 0 Å². The molecule has 26 heavy (non-hydrogen) atoms. The summed E-state index contributed by atoms with van der Waals surface area (Å²) in [5.74, 6) is 1.89. The standard InChI is InChI=1S/C21H20N2O3/c1-25-16-8-6-7-15(13-16)19-14-22-20(26-19)17-9-2-3-10-18(17)21(24)23-11-4-5-12-23/h2-3,6-10,13-14H,4-5,11-12H2,1H3. The van der Waals surface area contributed by atoms with Crippen molar-refractivity contribution < 1.29 is 13.9 Å². The largest absolute Gasteiger partial charge is 0.497 e. The summed E-state index contributed by atoms with van der Waals surface area (Å²) < 4.78 is 11.2. The second-order valence-electron chi connectivity index (χ2n) is 6.31. The van der Waals surface area contributed by atoms with Crippen LogP contribution in [0.5, 0.6) is 5.75 Å². The lowest BCUT2D eigenvalue weighted by atomic mass is 10.1. The number of nitrogens with zero attached hydrogens (tertiary/aromatic N) is 2. The maximum Gasteiger partial charge on any atom is 0.254 e. The Bertz CT molecular complexity index is 926. The molecule has 1 aliphatic heterocycles. The SMILES string of the molecule is COc1cccc(-c2cnc(-c3ccccc3C(=O)N3CCCC3)o2)c1. The molecule has 1 aliphatic rings. The van der Waals surface area contributed by atoms with Crippen LogP contribution in [0.3, 0.4) is 0 Å². The first-order chi connectivity index (χ1) is 12.8. The van der Waals surface area contributed by atoms with E-state index in [-0.39, 0.29) is 5.91 Å². The number of rotatable bonds is 4. The van der Waals surface area contributed by atoms with Gasteiger partial charge >= 0.3 is 0 Å². The molecule has 0 atom stereocenters. The van der Waals surface area contributed by atoms with Gasteiger partial charge in [-0.3, -0.25) is 4.79 Å². The zero-order valence-electron chi connectivity index (χ0n) is 14.6. The molecule has 1 amide bonds. The summed E-state index contributed by atoms with van der Waals surface area (Å²) in [6, 6.07) is 15.1. The predicted octanol–water partition coefficient (Wildman–Crippen LogP) is 4.25. The Morgan fingerprint density at radius 3 is 2.73 bits per heavy atom. The van der Waals surface area contributed by atoms with Gasteiger partial charge in [0.15, 0.2) is 5.76 Å². The molecule has 0 aliphatic carbocycles. The van der Waals surface area contributed by atoms with Gasteiger partial charge in [0.1, 0.15) is 5.75 Å². The van der Waals surface area contributed by atoms with Crippen LogP contribution in [-0.4, -0.2) is 36.0 Å². The Morgan fingerprint density at radius 2 is 1.92 bits per heavy atom. The van der Waals surface area contributed by atoms with Crippen LogP contribution >= 0.6 is 0 Å². The van der Waals surface area contributed by atoms with E-state index in [1.165, 1.54) is 0 Å². The van der Waals surface area contributed by atoms with E-state index in [9.17, 15) is 4.79 Å². The van der Waals surface area contributed by atoms with Gasteiger partial charge in [-0.2, -0.15) is 0 Å². The van der Waals surface area contributed by atoms with Crippen LogP contribution in [0.25, 0.3) is 22.8 Å². The molecule has 0 saturated carbocycles. The fourth-order valence-electron chi connectivity index (χ4n) is 3.26. The maximum atomic E-state index is 12.8. The highest BCUT2D eigenvalue weighted by Crippen LogP contribution is 2.30. The van der Waals surface area contributed by atoms with Crippen LogP contribution in [0, 0.1) is 0 Å². The molecule has 1 fully saturated rings. The molecule has 2 heterocycles. The average molecular weight is 348 g/mol. The fraction of sp³-hybridized carbons (Fsp3) is 0.238. The number of aromatic nitrogens is 1. The minimum absolute atomic E-state index is 0.0410. The molecule has 0 bridgehead atoms. The molecule has 0 spiro atoms. The summed E-state index contributed by atoms with van der Waals surface area (Å²) in [5.41, 5.74) is 2.23. The summed E-state index contributed by atoms with van der Waals surface area (Å²) in [6.07, 6.45) is 3.81. The number of carbonyl (C=O) groups is 1. The fourth-order valence-corrected chi connectivity index (χ4v) is 3.26. The Hall–Kier alpha value is -3.08. The average Bonchev–Trinajstić information content (AvgIpc) is 3.39. The third-order valence-electron chi connectivity index (χ3n) is 4.64. The third kappa shape index (κ3) is 3.08. The lowest BCUT2D eigenvalue weighted by Crippen LogP contribution is -2.28. The molecule has 5 nitrogen and oxygen atoms in total. The molecule has 3 aromatic rings. The Balaban J connectivity index is 1.68. The zero-order chi connectivity index (χ0) is 17.9. The van der Waals surface area contributed by atoms with Gasteiger partial charge in [-0.05, 0) is 37.1 Å². The lowest BCUT2D eigenvalue weighted by Gasteiger charge is -2.16. The molecule has 0 N–H and O–H groups in total. The second-order valence-corrected chi connectivity index (χ2v) is 6.31. The zero-order valence-corrected chi connectivity index (χ0v) is 14.6. The Kier molecular flexibility index (Phi) is 4.44. The van der Waals surface area contributed by atoms with E-state index in [1.54, 1.807) is 13.3 Å². The number of hydrogen-bond donors (Lipinski definition) is 0. The quantitative estimate of drug-likeness (QED) is 0.707. The molecule has 1 aromatic heterocycles. The lowest BCUT2D eigenvalue weighted by molar-refractivity contribution is 0.0793. The Labute approximate surface area is 152 Å². The molecule has 1 saturated heterocycles. The van der Waals surface area contributed by atoms with E-state index in [1.807, 2.05) is 53.4 Å². The van der Waals surface area contributed by atoms with Gasteiger partial charge in [-0.1, -0.05) is 24.3 Å². The molecule has 4 rings (SSSR count). The van der Waals surface area contributed by atoms with Crippen molar-refractivity contribution in [3.05, 3.63) is 60.3 Å².